The average Bonchev–Trinajstić information content (AvgIpc) is 2.83. The van der Waals surface area contributed by atoms with Crippen LogP contribution in [0.3, 0.4) is 0 Å². The molecule has 7 heteroatoms. The lowest BCUT2D eigenvalue weighted by atomic mass is 9.88. The van der Waals surface area contributed by atoms with Crippen LogP contribution in [0.25, 0.3) is 6.08 Å². The lowest BCUT2D eigenvalue weighted by molar-refractivity contribution is -0.134. The van der Waals surface area contributed by atoms with E-state index in [9.17, 15) is 14.7 Å². The molecular formula is C18H28N4O3. The Hall–Kier alpha value is -2.15. The van der Waals surface area contributed by atoms with Crippen LogP contribution in [0.15, 0.2) is 6.08 Å². The van der Waals surface area contributed by atoms with E-state index < -0.39 is 5.60 Å². The van der Waals surface area contributed by atoms with Gasteiger partial charge in [-0.3, -0.25) is 14.3 Å². The number of rotatable bonds is 5. The first kappa shape index (κ1) is 19.2. The number of hydrogen-bond donors (Lipinski definition) is 2. The first-order chi connectivity index (χ1) is 11.8. The van der Waals surface area contributed by atoms with Crippen molar-refractivity contribution in [3.05, 3.63) is 23.0 Å². The molecule has 1 aromatic rings. The SMILES string of the molecule is CNC(=O)CC[C@@]1(O)CCCN(C(=O)/C=C/c2c(C)nn(C)c2C)C1. The Balaban J connectivity index is 2.01. The maximum absolute atomic E-state index is 12.5. The minimum Gasteiger partial charge on any atom is -0.388 e. The number of likely N-dealkylation sites (tertiary alicyclic amines) is 1. The predicted octanol–water partition coefficient (Wildman–Crippen LogP) is 0.930. The van der Waals surface area contributed by atoms with Gasteiger partial charge in [0.05, 0.1) is 11.3 Å². The number of hydrogen-bond acceptors (Lipinski definition) is 4. The van der Waals surface area contributed by atoms with Crippen molar-refractivity contribution in [2.24, 2.45) is 7.05 Å². The summed E-state index contributed by atoms with van der Waals surface area (Å²) in [7, 11) is 3.45. The van der Waals surface area contributed by atoms with Crippen molar-refractivity contribution in [1.82, 2.24) is 20.0 Å². The summed E-state index contributed by atoms with van der Waals surface area (Å²) < 4.78 is 1.79. The zero-order chi connectivity index (χ0) is 18.6. The molecule has 1 saturated heterocycles. The highest BCUT2D eigenvalue weighted by Gasteiger charge is 2.34. The van der Waals surface area contributed by atoms with Crippen molar-refractivity contribution in [2.45, 2.75) is 45.1 Å². The molecule has 1 fully saturated rings. The van der Waals surface area contributed by atoms with E-state index in [4.69, 9.17) is 0 Å². The molecule has 0 spiro atoms. The number of aliphatic hydroxyl groups is 1. The Morgan fingerprint density at radius 3 is 2.72 bits per heavy atom. The third-order valence-corrected chi connectivity index (χ3v) is 4.92. The van der Waals surface area contributed by atoms with E-state index in [2.05, 4.69) is 10.4 Å². The lowest BCUT2D eigenvalue weighted by Gasteiger charge is -2.38. The maximum Gasteiger partial charge on any atom is 0.246 e. The molecule has 1 aromatic heterocycles. The Morgan fingerprint density at radius 1 is 1.40 bits per heavy atom. The summed E-state index contributed by atoms with van der Waals surface area (Å²) in [5.74, 6) is -0.222. The summed E-state index contributed by atoms with van der Waals surface area (Å²) in [6.07, 6.45) is 5.30. The third kappa shape index (κ3) is 4.69. The van der Waals surface area contributed by atoms with Gasteiger partial charge in [0.2, 0.25) is 11.8 Å². The van der Waals surface area contributed by atoms with E-state index in [-0.39, 0.29) is 24.8 Å². The largest absolute Gasteiger partial charge is 0.388 e. The fourth-order valence-electron chi connectivity index (χ4n) is 3.27. The van der Waals surface area contributed by atoms with Crippen molar-refractivity contribution in [3.63, 3.8) is 0 Å². The van der Waals surface area contributed by atoms with E-state index >= 15 is 0 Å². The van der Waals surface area contributed by atoms with E-state index in [1.165, 1.54) is 0 Å². The number of piperidine rings is 1. The number of aryl methyl sites for hydroxylation is 2. The van der Waals surface area contributed by atoms with Crippen LogP contribution < -0.4 is 5.32 Å². The van der Waals surface area contributed by atoms with Crippen molar-refractivity contribution in [2.75, 3.05) is 20.1 Å². The van der Waals surface area contributed by atoms with Gasteiger partial charge in [-0.15, -0.1) is 0 Å². The number of aromatic nitrogens is 2. The van der Waals surface area contributed by atoms with E-state index in [0.717, 1.165) is 23.4 Å². The second kappa shape index (κ2) is 7.82. The minimum absolute atomic E-state index is 0.0979. The topological polar surface area (TPSA) is 87.5 Å². The molecule has 0 aromatic carbocycles. The molecule has 2 N–H and O–H groups in total. The summed E-state index contributed by atoms with van der Waals surface area (Å²) in [6.45, 7) is 4.76. The first-order valence-corrected chi connectivity index (χ1v) is 8.66. The highest BCUT2D eigenvalue weighted by Crippen LogP contribution is 2.26. The molecule has 1 atom stereocenters. The molecular weight excluding hydrogens is 320 g/mol. The summed E-state index contributed by atoms with van der Waals surface area (Å²) in [5, 5.41) is 17.6. The second-order valence-electron chi connectivity index (χ2n) is 6.80. The maximum atomic E-state index is 12.5. The fourth-order valence-corrected chi connectivity index (χ4v) is 3.27. The molecule has 0 radical (unpaired) electrons. The van der Waals surface area contributed by atoms with Crippen LogP contribution in [-0.2, 0) is 16.6 Å². The van der Waals surface area contributed by atoms with Gasteiger partial charge < -0.3 is 15.3 Å². The zero-order valence-corrected chi connectivity index (χ0v) is 15.5. The number of carbonyl (C=O) groups is 2. The van der Waals surface area contributed by atoms with Gasteiger partial charge in [-0.25, -0.2) is 0 Å². The van der Waals surface area contributed by atoms with Crippen LogP contribution >= 0.6 is 0 Å². The lowest BCUT2D eigenvalue weighted by Crippen LogP contribution is -2.50. The van der Waals surface area contributed by atoms with Gasteiger partial charge in [0.15, 0.2) is 0 Å². The molecule has 0 unspecified atom stereocenters. The molecule has 1 aliphatic rings. The Labute approximate surface area is 148 Å². The first-order valence-electron chi connectivity index (χ1n) is 8.66. The predicted molar refractivity (Wildman–Crippen MR) is 95.8 cm³/mol. The van der Waals surface area contributed by atoms with Crippen molar-refractivity contribution < 1.29 is 14.7 Å². The monoisotopic (exact) mass is 348 g/mol. The Morgan fingerprint density at radius 2 is 2.12 bits per heavy atom. The van der Waals surface area contributed by atoms with E-state index in [1.54, 1.807) is 28.8 Å². The van der Waals surface area contributed by atoms with Crippen LogP contribution in [-0.4, -0.2) is 57.3 Å². The quantitative estimate of drug-likeness (QED) is 0.775. The molecule has 2 amide bonds. The normalized spacial score (nSPS) is 20.9. The van der Waals surface area contributed by atoms with Gasteiger partial charge in [-0.2, -0.15) is 5.10 Å². The Kier molecular flexibility index (Phi) is 6.00. The highest BCUT2D eigenvalue weighted by atomic mass is 16.3. The van der Waals surface area contributed by atoms with Gasteiger partial charge in [0.1, 0.15) is 0 Å². The number of carbonyl (C=O) groups excluding carboxylic acids is 2. The summed E-state index contributed by atoms with van der Waals surface area (Å²) in [6, 6.07) is 0. The van der Waals surface area contributed by atoms with Gasteiger partial charge >= 0.3 is 0 Å². The van der Waals surface area contributed by atoms with Gasteiger partial charge in [-0.05, 0) is 39.2 Å². The fraction of sp³-hybridized carbons (Fsp3) is 0.611. The average molecular weight is 348 g/mol. The van der Waals surface area contributed by atoms with Gasteiger partial charge in [-0.1, -0.05) is 0 Å². The number of amides is 2. The van der Waals surface area contributed by atoms with Crippen molar-refractivity contribution in [1.29, 1.82) is 0 Å². The van der Waals surface area contributed by atoms with Crippen LogP contribution in [0, 0.1) is 13.8 Å². The molecule has 138 valence electrons. The molecule has 0 aliphatic carbocycles. The molecule has 1 aliphatic heterocycles. The smallest absolute Gasteiger partial charge is 0.246 e. The number of nitrogens with zero attached hydrogens (tertiary/aromatic N) is 3. The molecule has 7 nitrogen and oxygen atoms in total. The minimum atomic E-state index is -0.992. The molecule has 25 heavy (non-hydrogen) atoms. The highest BCUT2D eigenvalue weighted by molar-refractivity contribution is 5.92. The summed E-state index contributed by atoms with van der Waals surface area (Å²) in [4.78, 5) is 25.6. The van der Waals surface area contributed by atoms with E-state index in [1.807, 2.05) is 20.9 Å². The van der Waals surface area contributed by atoms with Crippen LogP contribution in [0.1, 0.15) is 42.6 Å². The Bertz CT molecular complexity index is 680. The van der Waals surface area contributed by atoms with Gasteiger partial charge in [0, 0.05) is 50.9 Å². The third-order valence-electron chi connectivity index (χ3n) is 4.92. The molecule has 0 bridgehead atoms. The van der Waals surface area contributed by atoms with Gasteiger partial charge in [0.25, 0.3) is 0 Å². The second-order valence-corrected chi connectivity index (χ2v) is 6.80. The number of nitrogens with one attached hydrogen (secondary N) is 1. The summed E-state index contributed by atoms with van der Waals surface area (Å²) in [5.41, 5.74) is 1.84. The molecule has 0 saturated carbocycles. The zero-order valence-electron chi connectivity index (χ0n) is 15.5. The standard InChI is InChI=1S/C18H28N4O3/c1-13-15(14(2)21(4)20-13)6-7-17(24)22-11-5-9-18(25,12-22)10-8-16(23)19-3/h6-7,25H,5,8-12H2,1-4H3,(H,19,23)/b7-6+/t18-/m0/s1. The van der Waals surface area contributed by atoms with Crippen LogP contribution in [0.4, 0.5) is 0 Å². The van der Waals surface area contributed by atoms with Crippen LogP contribution in [0.5, 0.6) is 0 Å². The summed E-state index contributed by atoms with van der Waals surface area (Å²) >= 11 is 0. The van der Waals surface area contributed by atoms with Crippen molar-refractivity contribution >= 4 is 17.9 Å². The number of β-amino-alcohol motifs (C(OH)–C–C–N with tert-alkyl or cyclic N) is 1. The molecule has 2 heterocycles. The van der Waals surface area contributed by atoms with E-state index in [0.29, 0.717) is 19.4 Å². The molecule has 2 rings (SSSR count). The van der Waals surface area contributed by atoms with Crippen molar-refractivity contribution in [3.8, 4) is 0 Å². The van der Waals surface area contributed by atoms with Crippen LogP contribution in [0.2, 0.25) is 0 Å².